The lowest BCUT2D eigenvalue weighted by molar-refractivity contribution is -0.137. The summed E-state index contributed by atoms with van der Waals surface area (Å²) in [7, 11) is 3.30. The first-order valence-corrected chi connectivity index (χ1v) is 8.55. The Labute approximate surface area is 152 Å². The van der Waals surface area contributed by atoms with Gasteiger partial charge in [0.2, 0.25) is 5.91 Å². The van der Waals surface area contributed by atoms with E-state index in [1.54, 1.807) is 52.2 Å². The number of anilines is 1. The second-order valence-electron chi connectivity index (χ2n) is 7.37. The van der Waals surface area contributed by atoms with Crippen LogP contribution in [-0.2, 0) is 9.59 Å². The van der Waals surface area contributed by atoms with Gasteiger partial charge in [0, 0.05) is 30.9 Å². The van der Waals surface area contributed by atoms with Crippen LogP contribution in [0.5, 0.6) is 0 Å². The molecule has 0 radical (unpaired) electrons. The molecule has 2 amide bonds. The number of nitrogens with zero attached hydrogens (tertiary/aromatic N) is 1. The minimum absolute atomic E-state index is 0.0411. The summed E-state index contributed by atoms with van der Waals surface area (Å²) >= 11 is 0. The third kappa shape index (κ3) is 3.14. The molecule has 0 saturated carbocycles. The lowest BCUT2D eigenvalue weighted by Gasteiger charge is -2.33. The van der Waals surface area contributed by atoms with Crippen LogP contribution in [-0.4, -0.2) is 48.2 Å². The SMILES string of the molecule is CN(C)C(=O)C(C)(C)NC(=O)C1=CC2Nc3ccccc3C(=O)C2C=C1. The van der Waals surface area contributed by atoms with Gasteiger partial charge in [0.15, 0.2) is 5.78 Å². The molecule has 136 valence electrons. The van der Waals surface area contributed by atoms with Crippen molar-refractivity contribution in [2.75, 3.05) is 19.4 Å². The van der Waals surface area contributed by atoms with E-state index in [4.69, 9.17) is 0 Å². The number of amides is 2. The van der Waals surface area contributed by atoms with Gasteiger partial charge in [-0.05, 0) is 32.1 Å². The van der Waals surface area contributed by atoms with E-state index in [-0.39, 0.29) is 29.6 Å². The predicted octanol–water partition coefficient (Wildman–Crippen LogP) is 1.76. The highest BCUT2D eigenvalue weighted by molar-refractivity contribution is 6.07. The van der Waals surface area contributed by atoms with Crippen molar-refractivity contribution in [3.8, 4) is 0 Å². The Bertz CT molecular complexity index is 836. The summed E-state index contributed by atoms with van der Waals surface area (Å²) in [6, 6.07) is 7.08. The number of ketones is 1. The van der Waals surface area contributed by atoms with Crippen LogP contribution >= 0.6 is 0 Å². The largest absolute Gasteiger partial charge is 0.377 e. The zero-order valence-corrected chi connectivity index (χ0v) is 15.4. The first-order valence-electron chi connectivity index (χ1n) is 8.55. The number of hydrogen-bond donors (Lipinski definition) is 2. The van der Waals surface area contributed by atoms with Crippen LogP contribution in [0.1, 0.15) is 24.2 Å². The van der Waals surface area contributed by atoms with Gasteiger partial charge in [-0.25, -0.2) is 0 Å². The van der Waals surface area contributed by atoms with Crippen molar-refractivity contribution in [2.45, 2.75) is 25.4 Å². The van der Waals surface area contributed by atoms with Crippen molar-refractivity contribution in [1.82, 2.24) is 10.2 Å². The highest BCUT2D eigenvalue weighted by Gasteiger charge is 2.36. The molecule has 0 bridgehead atoms. The Morgan fingerprint density at radius 3 is 2.58 bits per heavy atom. The number of benzene rings is 1. The maximum atomic E-state index is 12.6. The Balaban J connectivity index is 1.80. The Kier molecular flexibility index (Phi) is 4.44. The van der Waals surface area contributed by atoms with Crippen LogP contribution in [0.15, 0.2) is 48.1 Å². The standard InChI is InChI=1S/C20H23N3O3/c1-20(2,19(26)23(3)4)22-18(25)12-9-10-14-16(11-12)21-15-8-6-5-7-13(15)17(14)24/h5-11,14,16,21H,1-4H3,(H,22,25). The van der Waals surface area contributed by atoms with Gasteiger partial charge in [0.05, 0.1) is 12.0 Å². The van der Waals surface area contributed by atoms with Gasteiger partial charge in [0.1, 0.15) is 5.54 Å². The molecule has 1 aliphatic heterocycles. The van der Waals surface area contributed by atoms with Crippen molar-refractivity contribution in [2.24, 2.45) is 5.92 Å². The molecule has 6 heteroatoms. The normalized spacial score (nSPS) is 21.1. The minimum Gasteiger partial charge on any atom is -0.377 e. The Morgan fingerprint density at radius 2 is 1.88 bits per heavy atom. The number of carbonyl (C=O) groups is 3. The first-order chi connectivity index (χ1) is 12.2. The molecule has 2 atom stereocenters. The lowest BCUT2D eigenvalue weighted by Crippen LogP contribution is -2.54. The molecule has 0 fully saturated rings. The van der Waals surface area contributed by atoms with Crippen LogP contribution in [0.2, 0.25) is 0 Å². The minimum atomic E-state index is -1.02. The highest BCUT2D eigenvalue weighted by atomic mass is 16.2. The number of hydrogen-bond acceptors (Lipinski definition) is 4. The molecule has 0 spiro atoms. The van der Waals surface area contributed by atoms with Crippen LogP contribution in [0.25, 0.3) is 0 Å². The predicted molar refractivity (Wildman–Crippen MR) is 99.8 cm³/mol. The molecule has 2 unspecified atom stereocenters. The fourth-order valence-electron chi connectivity index (χ4n) is 3.36. The van der Waals surface area contributed by atoms with Crippen molar-refractivity contribution < 1.29 is 14.4 Å². The number of rotatable bonds is 3. The van der Waals surface area contributed by atoms with E-state index >= 15 is 0 Å². The van der Waals surface area contributed by atoms with Crippen molar-refractivity contribution in [1.29, 1.82) is 0 Å². The number of likely N-dealkylation sites (N-methyl/N-ethyl adjacent to an activating group) is 1. The smallest absolute Gasteiger partial charge is 0.251 e. The maximum Gasteiger partial charge on any atom is 0.251 e. The third-order valence-corrected chi connectivity index (χ3v) is 4.68. The van der Waals surface area contributed by atoms with E-state index in [2.05, 4.69) is 10.6 Å². The van der Waals surface area contributed by atoms with E-state index < -0.39 is 5.54 Å². The molecule has 1 aromatic rings. The number of carbonyl (C=O) groups excluding carboxylic acids is 3. The molecular formula is C20H23N3O3. The highest BCUT2D eigenvalue weighted by Crippen LogP contribution is 2.32. The average molecular weight is 353 g/mol. The molecule has 3 rings (SSSR count). The van der Waals surface area contributed by atoms with Crippen molar-refractivity contribution in [3.05, 3.63) is 53.6 Å². The van der Waals surface area contributed by atoms with E-state index in [0.29, 0.717) is 11.1 Å². The van der Waals surface area contributed by atoms with Gasteiger partial charge in [-0.2, -0.15) is 0 Å². The van der Waals surface area contributed by atoms with E-state index in [1.807, 2.05) is 18.2 Å². The topological polar surface area (TPSA) is 78.5 Å². The Morgan fingerprint density at radius 1 is 1.19 bits per heavy atom. The summed E-state index contributed by atoms with van der Waals surface area (Å²) in [6.07, 6.45) is 5.16. The third-order valence-electron chi connectivity index (χ3n) is 4.68. The maximum absolute atomic E-state index is 12.6. The second-order valence-corrected chi connectivity index (χ2v) is 7.37. The molecular weight excluding hydrogens is 330 g/mol. The quantitative estimate of drug-likeness (QED) is 0.868. The molecule has 0 aromatic heterocycles. The summed E-state index contributed by atoms with van der Waals surface area (Å²) in [6.45, 7) is 3.34. The van der Waals surface area contributed by atoms with Crippen LogP contribution < -0.4 is 10.6 Å². The fraction of sp³-hybridized carbons (Fsp3) is 0.350. The van der Waals surface area contributed by atoms with Gasteiger partial charge in [0.25, 0.3) is 5.91 Å². The van der Waals surface area contributed by atoms with E-state index in [1.165, 1.54) is 4.90 Å². The molecule has 2 N–H and O–H groups in total. The van der Waals surface area contributed by atoms with Gasteiger partial charge < -0.3 is 15.5 Å². The van der Waals surface area contributed by atoms with Crippen LogP contribution in [0, 0.1) is 5.92 Å². The van der Waals surface area contributed by atoms with Gasteiger partial charge >= 0.3 is 0 Å². The van der Waals surface area contributed by atoms with E-state index in [0.717, 1.165) is 5.69 Å². The zero-order chi connectivity index (χ0) is 19.1. The average Bonchev–Trinajstić information content (AvgIpc) is 2.60. The molecule has 1 aliphatic carbocycles. The van der Waals surface area contributed by atoms with Crippen LogP contribution in [0.3, 0.4) is 0 Å². The summed E-state index contributed by atoms with van der Waals surface area (Å²) in [5, 5.41) is 6.08. The molecule has 6 nitrogen and oxygen atoms in total. The fourth-order valence-corrected chi connectivity index (χ4v) is 3.36. The first kappa shape index (κ1) is 17.9. The Hall–Kier alpha value is -2.89. The van der Waals surface area contributed by atoms with E-state index in [9.17, 15) is 14.4 Å². The summed E-state index contributed by atoms with van der Waals surface area (Å²) in [5.41, 5.74) is 0.852. The van der Waals surface area contributed by atoms with Crippen molar-refractivity contribution in [3.63, 3.8) is 0 Å². The monoisotopic (exact) mass is 353 g/mol. The number of para-hydroxylation sites is 1. The number of fused-ring (bicyclic) bond motifs is 2. The molecule has 26 heavy (non-hydrogen) atoms. The van der Waals surface area contributed by atoms with Crippen LogP contribution in [0.4, 0.5) is 5.69 Å². The summed E-state index contributed by atoms with van der Waals surface area (Å²) in [4.78, 5) is 38.9. The summed E-state index contributed by atoms with van der Waals surface area (Å²) < 4.78 is 0. The van der Waals surface area contributed by atoms with Gasteiger partial charge in [-0.1, -0.05) is 24.3 Å². The summed E-state index contributed by atoms with van der Waals surface area (Å²) in [5.74, 6) is -0.825. The molecule has 2 aliphatic rings. The lowest BCUT2D eigenvalue weighted by atomic mass is 9.81. The molecule has 1 aromatic carbocycles. The van der Waals surface area contributed by atoms with Gasteiger partial charge in [-0.15, -0.1) is 0 Å². The second kappa shape index (κ2) is 6.44. The molecule has 1 heterocycles. The molecule has 0 saturated heterocycles. The number of nitrogens with one attached hydrogen (secondary N) is 2. The number of Topliss-reactive ketones (excluding diaryl/α,β-unsaturated/α-hetero) is 1. The van der Waals surface area contributed by atoms with Crippen molar-refractivity contribution >= 4 is 23.3 Å². The van der Waals surface area contributed by atoms with Gasteiger partial charge in [-0.3, -0.25) is 14.4 Å². The zero-order valence-electron chi connectivity index (χ0n) is 15.4.